The summed E-state index contributed by atoms with van der Waals surface area (Å²) < 4.78 is 27.1. The first-order valence-electron chi connectivity index (χ1n) is 8.02. The van der Waals surface area contributed by atoms with E-state index in [1.165, 1.54) is 19.3 Å². The van der Waals surface area contributed by atoms with E-state index >= 15 is 0 Å². The Kier molecular flexibility index (Phi) is 4.86. The van der Waals surface area contributed by atoms with Gasteiger partial charge < -0.3 is 4.90 Å². The van der Waals surface area contributed by atoms with Gasteiger partial charge >= 0.3 is 0 Å². The third-order valence-electron chi connectivity index (χ3n) is 4.06. The highest BCUT2D eigenvalue weighted by atomic mass is 32.2. The molecule has 4 nitrogen and oxygen atoms in total. The fourth-order valence-corrected chi connectivity index (χ4v) is 4.10. The molecule has 2 aromatic rings. The van der Waals surface area contributed by atoms with E-state index in [2.05, 4.69) is 9.62 Å². The second-order valence-corrected chi connectivity index (χ2v) is 7.66. The van der Waals surface area contributed by atoms with Crippen LogP contribution in [0.1, 0.15) is 24.8 Å². The molecule has 0 aliphatic carbocycles. The summed E-state index contributed by atoms with van der Waals surface area (Å²) >= 11 is 0. The van der Waals surface area contributed by atoms with E-state index in [-0.39, 0.29) is 5.75 Å². The lowest BCUT2D eigenvalue weighted by Crippen LogP contribution is -2.29. The van der Waals surface area contributed by atoms with Gasteiger partial charge in [0.25, 0.3) is 0 Å². The first kappa shape index (κ1) is 15.9. The zero-order chi connectivity index (χ0) is 16.1. The van der Waals surface area contributed by atoms with Crippen LogP contribution in [0.25, 0.3) is 0 Å². The fourth-order valence-electron chi connectivity index (χ4n) is 2.90. The maximum absolute atomic E-state index is 12.2. The van der Waals surface area contributed by atoms with Crippen molar-refractivity contribution in [3.05, 3.63) is 60.2 Å². The molecule has 0 bridgehead atoms. The molecule has 0 unspecified atom stereocenters. The van der Waals surface area contributed by atoms with E-state index in [1.807, 2.05) is 54.6 Å². The maximum Gasteiger partial charge on any atom is 0.236 e. The molecule has 0 spiro atoms. The molecule has 1 heterocycles. The van der Waals surface area contributed by atoms with Crippen LogP contribution in [0.15, 0.2) is 54.6 Å². The Morgan fingerprint density at radius 2 is 1.52 bits per heavy atom. The van der Waals surface area contributed by atoms with E-state index in [0.717, 1.165) is 24.3 Å². The molecule has 122 valence electrons. The lowest BCUT2D eigenvalue weighted by Gasteiger charge is -2.28. The normalized spacial score (nSPS) is 15.4. The molecule has 1 N–H and O–H groups in total. The number of rotatable bonds is 5. The number of piperidine rings is 1. The molecule has 1 aliphatic heterocycles. The van der Waals surface area contributed by atoms with E-state index in [4.69, 9.17) is 0 Å². The van der Waals surface area contributed by atoms with Crippen molar-refractivity contribution in [3.63, 3.8) is 0 Å². The fraction of sp³-hybridized carbons (Fsp3) is 0.333. The van der Waals surface area contributed by atoms with Gasteiger partial charge in [-0.3, -0.25) is 4.72 Å². The number of hydrogen-bond donors (Lipinski definition) is 1. The summed E-state index contributed by atoms with van der Waals surface area (Å²) in [5.41, 5.74) is 2.56. The molecule has 0 saturated carbocycles. The smallest absolute Gasteiger partial charge is 0.236 e. The quantitative estimate of drug-likeness (QED) is 0.911. The van der Waals surface area contributed by atoms with Gasteiger partial charge in [-0.05, 0) is 49.1 Å². The van der Waals surface area contributed by atoms with Crippen molar-refractivity contribution in [2.24, 2.45) is 0 Å². The molecular formula is C18H22N2O2S. The van der Waals surface area contributed by atoms with Crippen LogP contribution in [0.5, 0.6) is 0 Å². The van der Waals surface area contributed by atoms with Gasteiger partial charge in [-0.1, -0.05) is 30.3 Å². The topological polar surface area (TPSA) is 49.4 Å². The predicted octanol–water partition coefficient (Wildman–Crippen LogP) is 3.62. The SMILES string of the molecule is O=S(=O)(Cc1ccccc1)Nc1ccc(N2CCCCC2)cc1. The molecule has 3 rings (SSSR count). The zero-order valence-corrected chi connectivity index (χ0v) is 13.9. The first-order valence-corrected chi connectivity index (χ1v) is 9.67. The molecule has 1 fully saturated rings. The van der Waals surface area contributed by atoms with Gasteiger partial charge in [0.15, 0.2) is 0 Å². The Hall–Kier alpha value is -2.01. The molecule has 1 aliphatic rings. The van der Waals surface area contributed by atoms with Gasteiger partial charge in [-0.25, -0.2) is 8.42 Å². The number of nitrogens with zero attached hydrogens (tertiary/aromatic N) is 1. The second-order valence-electron chi connectivity index (χ2n) is 5.94. The number of anilines is 2. The van der Waals surface area contributed by atoms with Gasteiger partial charge in [-0.15, -0.1) is 0 Å². The zero-order valence-electron chi connectivity index (χ0n) is 13.1. The summed E-state index contributed by atoms with van der Waals surface area (Å²) in [4.78, 5) is 2.35. The first-order chi connectivity index (χ1) is 11.1. The Balaban J connectivity index is 1.65. The van der Waals surface area contributed by atoms with Gasteiger partial charge in [-0.2, -0.15) is 0 Å². The summed E-state index contributed by atoms with van der Waals surface area (Å²) in [7, 11) is -3.39. The summed E-state index contributed by atoms with van der Waals surface area (Å²) in [6.45, 7) is 2.16. The minimum atomic E-state index is -3.39. The summed E-state index contributed by atoms with van der Waals surface area (Å²) in [6, 6.07) is 16.9. The summed E-state index contributed by atoms with van der Waals surface area (Å²) in [6.07, 6.45) is 3.75. The standard InChI is InChI=1S/C18H22N2O2S/c21-23(22,15-16-7-3-1-4-8-16)19-17-9-11-18(12-10-17)20-13-5-2-6-14-20/h1,3-4,7-12,19H,2,5-6,13-15H2. The maximum atomic E-state index is 12.2. The molecule has 1 saturated heterocycles. The van der Waals surface area contributed by atoms with Crippen molar-refractivity contribution in [2.45, 2.75) is 25.0 Å². The van der Waals surface area contributed by atoms with Crippen LogP contribution < -0.4 is 9.62 Å². The minimum Gasteiger partial charge on any atom is -0.372 e. The molecular weight excluding hydrogens is 308 g/mol. The number of hydrogen-bond acceptors (Lipinski definition) is 3. The van der Waals surface area contributed by atoms with E-state index in [9.17, 15) is 8.42 Å². The Labute approximate surface area is 138 Å². The van der Waals surface area contributed by atoms with Crippen molar-refractivity contribution in [3.8, 4) is 0 Å². The molecule has 0 radical (unpaired) electrons. The van der Waals surface area contributed by atoms with Crippen molar-refractivity contribution in [2.75, 3.05) is 22.7 Å². The van der Waals surface area contributed by atoms with Gasteiger partial charge in [0, 0.05) is 24.5 Å². The van der Waals surface area contributed by atoms with E-state index in [0.29, 0.717) is 5.69 Å². The van der Waals surface area contributed by atoms with Crippen LogP contribution in [0.4, 0.5) is 11.4 Å². The molecule has 23 heavy (non-hydrogen) atoms. The molecule has 2 aromatic carbocycles. The van der Waals surface area contributed by atoms with Crippen LogP contribution in [-0.2, 0) is 15.8 Å². The third kappa shape index (κ3) is 4.48. The third-order valence-corrected chi connectivity index (χ3v) is 5.32. The lowest BCUT2D eigenvalue weighted by molar-refractivity contribution is 0.578. The van der Waals surface area contributed by atoms with Crippen LogP contribution in [0.3, 0.4) is 0 Å². The van der Waals surface area contributed by atoms with Crippen molar-refractivity contribution < 1.29 is 8.42 Å². The van der Waals surface area contributed by atoms with Crippen LogP contribution >= 0.6 is 0 Å². The van der Waals surface area contributed by atoms with Crippen molar-refractivity contribution >= 4 is 21.4 Å². The monoisotopic (exact) mass is 330 g/mol. The van der Waals surface area contributed by atoms with Crippen LogP contribution in [0.2, 0.25) is 0 Å². The Morgan fingerprint density at radius 1 is 0.870 bits per heavy atom. The lowest BCUT2D eigenvalue weighted by atomic mass is 10.1. The largest absolute Gasteiger partial charge is 0.372 e. The number of nitrogens with one attached hydrogen (secondary N) is 1. The molecule has 5 heteroatoms. The average Bonchev–Trinajstić information content (AvgIpc) is 2.56. The second kappa shape index (κ2) is 7.04. The van der Waals surface area contributed by atoms with E-state index < -0.39 is 10.0 Å². The predicted molar refractivity (Wildman–Crippen MR) is 95.2 cm³/mol. The molecule has 0 amide bonds. The minimum absolute atomic E-state index is 0.0122. The van der Waals surface area contributed by atoms with Gasteiger partial charge in [0.2, 0.25) is 10.0 Å². The highest BCUT2D eigenvalue weighted by molar-refractivity contribution is 7.91. The number of sulfonamides is 1. The highest BCUT2D eigenvalue weighted by Gasteiger charge is 2.13. The van der Waals surface area contributed by atoms with Gasteiger partial charge in [0.05, 0.1) is 5.75 Å². The molecule has 0 atom stereocenters. The van der Waals surface area contributed by atoms with Crippen LogP contribution in [-0.4, -0.2) is 21.5 Å². The Bertz CT molecular complexity index is 721. The summed E-state index contributed by atoms with van der Waals surface area (Å²) in [5, 5.41) is 0. The Morgan fingerprint density at radius 3 is 2.17 bits per heavy atom. The average molecular weight is 330 g/mol. The van der Waals surface area contributed by atoms with Crippen molar-refractivity contribution in [1.29, 1.82) is 0 Å². The number of benzene rings is 2. The van der Waals surface area contributed by atoms with E-state index in [1.54, 1.807) is 0 Å². The summed E-state index contributed by atoms with van der Waals surface area (Å²) in [5.74, 6) is -0.0122. The molecule has 0 aromatic heterocycles. The highest BCUT2D eigenvalue weighted by Crippen LogP contribution is 2.22. The van der Waals surface area contributed by atoms with Crippen molar-refractivity contribution in [1.82, 2.24) is 0 Å². The van der Waals surface area contributed by atoms with Gasteiger partial charge in [0.1, 0.15) is 0 Å². The van der Waals surface area contributed by atoms with Crippen LogP contribution in [0, 0.1) is 0 Å².